The summed E-state index contributed by atoms with van der Waals surface area (Å²) in [4.78, 5) is 11.9. The highest BCUT2D eigenvalue weighted by Gasteiger charge is 2.45. The van der Waals surface area contributed by atoms with Gasteiger partial charge in [0.2, 0.25) is 6.29 Å². The lowest BCUT2D eigenvalue weighted by atomic mass is 9.99. The zero-order valence-electron chi connectivity index (χ0n) is 19.2. The molecule has 0 amide bonds. The highest BCUT2D eigenvalue weighted by Crippen LogP contribution is 2.22. The third-order valence-corrected chi connectivity index (χ3v) is 5.74. The fourth-order valence-corrected chi connectivity index (χ4v) is 3.69. The van der Waals surface area contributed by atoms with Crippen molar-refractivity contribution in [3.05, 3.63) is 12.2 Å². The van der Waals surface area contributed by atoms with Crippen LogP contribution in [0.25, 0.3) is 0 Å². The number of allylic oxidation sites excluding steroid dienone is 2. The summed E-state index contributed by atoms with van der Waals surface area (Å²) < 4.78 is 10.2. The van der Waals surface area contributed by atoms with Crippen molar-refractivity contribution in [3.63, 3.8) is 0 Å². The van der Waals surface area contributed by atoms with Crippen molar-refractivity contribution < 1.29 is 34.7 Å². The van der Waals surface area contributed by atoms with Gasteiger partial charge in [-0.15, -0.1) is 0 Å². The lowest BCUT2D eigenvalue weighted by Gasteiger charge is -2.39. The van der Waals surface area contributed by atoms with E-state index < -0.39 is 43.3 Å². The van der Waals surface area contributed by atoms with E-state index in [2.05, 4.69) is 19.1 Å². The Morgan fingerprint density at radius 3 is 1.94 bits per heavy atom. The first kappa shape index (κ1) is 28.0. The van der Waals surface area contributed by atoms with E-state index in [4.69, 9.17) is 14.6 Å². The number of esters is 1. The molecule has 1 saturated heterocycles. The number of hydrogen-bond donors (Lipinski definition) is 4. The van der Waals surface area contributed by atoms with Crippen LogP contribution in [0.2, 0.25) is 0 Å². The molecule has 0 spiro atoms. The molecule has 1 aliphatic heterocycles. The summed E-state index contributed by atoms with van der Waals surface area (Å²) in [6.07, 6.45) is 13.0. The molecule has 0 aromatic rings. The van der Waals surface area contributed by atoms with Gasteiger partial charge >= 0.3 is 5.97 Å². The Balaban J connectivity index is 1.99. The average molecular weight is 445 g/mol. The van der Waals surface area contributed by atoms with Crippen LogP contribution in [0, 0.1) is 0 Å². The van der Waals surface area contributed by atoms with Gasteiger partial charge in [0, 0.05) is 6.42 Å². The van der Waals surface area contributed by atoms with E-state index in [1.165, 1.54) is 44.9 Å². The van der Waals surface area contributed by atoms with Crippen molar-refractivity contribution in [2.24, 2.45) is 0 Å². The molecule has 1 aliphatic rings. The average Bonchev–Trinajstić information content (AvgIpc) is 2.76. The number of aliphatic hydroxyl groups is 4. The van der Waals surface area contributed by atoms with Crippen molar-refractivity contribution in [1.29, 1.82) is 0 Å². The summed E-state index contributed by atoms with van der Waals surface area (Å²) in [6, 6.07) is 0. The predicted octanol–water partition coefficient (Wildman–Crippen LogP) is 3.37. The fourth-order valence-electron chi connectivity index (χ4n) is 3.69. The quantitative estimate of drug-likeness (QED) is 0.154. The number of carbonyl (C=O) groups is 1. The monoisotopic (exact) mass is 444 g/mol. The molecule has 1 rings (SSSR count). The minimum absolute atomic E-state index is 0.202. The Hall–Kier alpha value is -0.990. The number of aliphatic hydroxyl groups excluding tert-OH is 4. The molecule has 31 heavy (non-hydrogen) atoms. The SMILES string of the molecule is CCCCCCCC/C=C/CCCCCCCC(=O)OC1O[C@H](CO)[C@@H](O)[C@H](O)[C@@H]1O. The van der Waals surface area contributed by atoms with Crippen LogP contribution in [-0.4, -0.2) is 63.7 Å². The van der Waals surface area contributed by atoms with Crippen LogP contribution >= 0.6 is 0 Å². The summed E-state index contributed by atoms with van der Waals surface area (Å²) in [6.45, 7) is 1.69. The molecule has 0 aliphatic carbocycles. The summed E-state index contributed by atoms with van der Waals surface area (Å²) in [5.74, 6) is -0.526. The van der Waals surface area contributed by atoms with Crippen molar-refractivity contribution in [1.82, 2.24) is 0 Å². The molecule has 1 heterocycles. The summed E-state index contributed by atoms with van der Waals surface area (Å²) >= 11 is 0. The van der Waals surface area contributed by atoms with Crippen LogP contribution in [0.5, 0.6) is 0 Å². The predicted molar refractivity (Wildman–Crippen MR) is 119 cm³/mol. The lowest BCUT2D eigenvalue weighted by Crippen LogP contribution is -2.59. The normalized spacial score (nSPS) is 26.4. The number of hydrogen-bond acceptors (Lipinski definition) is 7. The Bertz CT molecular complexity index is 481. The molecule has 0 bridgehead atoms. The molecule has 1 fully saturated rings. The molecular weight excluding hydrogens is 400 g/mol. The number of carbonyl (C=O) groups excluding carboxylic acids is 1. The molecule has 7 heteroatoms. The molecular formula is C24H44O7. The molecule has 5 atom stereocenters. The van der Waals surface area contributed by atoms with Crippen LogP contribution < -0.4 is 0 Å². The maximum Gasteiger partial charge on any atom is 0.308 e. The lowest BCUT2D eigenvalue weighted by molar-refractivity contribution is -0.292. The third-order valence-electron chi connectivity index (χ3n) is 5.74. The minimum Gasteiger partial charge on any atom is -0.433 e. The molecule has 182 valence electrons. The van der Waals surface area contributed by atoms with Crippen LogP contribution in [0.4, 0.5) is 0 Å². The second-order valence-electron chi connectivity index (χ2n) is 8.52. The number of ether oxygens (including phenoxy) is 2. The van der Waals surface area contributed by atoms with Crippen molar-refractivity contribution in [2.45, 2.75) is 128 Å². The zero-order valence-corrected chi connectivity index (χ0v) is 19.2. The van der Waals surface area contributed by atoms with E-state index >= 15 is 0 Å². The summed E-state index contributed by atoms with van der Waals surface area (Å²) in [5.41, 5.74) is 0. The smallest absolute Gasteiger partial charge is 0.308 e. The van der Waals surface area contributed by atoms with Crippen LogP contribution in [0.1, 0.15) is 96.8 Å². The van der Waals surface area contributed by atoms with Crippen LogP contribution in [0.3, 0.4) is 0 Å². The van der Waals surface area contributed by atoms with E-state index in [1.54, 1.807) is 0 Å². The van der Waals surface area contributed by atoms with Gasteiger partial charge in [0.15, 0.2) is 0 Å². The standard InChI is InChI=1S/C24H44O7/c1-2-3-4-5-6-7-8-9-10-11-12-13-14-15-16-17-20(26)31-24-23(29)22(28)21(27)19(18-25)30-24/h9-10,19,21-25,27-29H,2-8,11-18H2,1H3/b10-9+/t19-,21-,22+,23+,24?/m1/s1. The summed E-state index contributed by atoms with van der Waals surface area (Å²) in [7, 11) is 0. The Morgan fingerprint density at radius 2 is 1.35 bits per heavy atom. The van der Waals surface area contributed by atoms with E-state index in [1.807, 2.05) is 0 Å². The van der Waals surface area contributed by atoms with Crippen LogP contribution in [0.15, 0.2) is 12.2 Å². The second-order valence-corrected chi connectivity index (χ2v) is 8.52. The van der Waals surface area contributed by atoms with E-state index in [0.717, 1.165) is 32.1 Å². The number of rotatable bonds is 17. The first-order valence-corrected chi connectivity index (χ1v) is 12.2. The van der Waals surface area contributed by atoms with Crippen molar-refractivity contribution in [3.8, 4) is 0 Å². The third kappa shape index (κ3) is 12.0. The topological polar surface area (TPSA) is 116 Å². The highest BCUT2D eigenvalue weighted by molar-refractivity contribution is 5.69. The summed E-state index contributed by atoms with van der Waals surface area (Å²) in [5, 5.41) is 38.5. The molecule has 0 saturated carbocycles. The first-order valence-electron chi connectivity index (χ1n) is 12.2. The largest absolute Gasteiger partial charge is 0.433 e. The maximum atomic E-state index is 11.9. The number of unbranched alkanes of at least 4 members (excludes halogenated alkanes) is 11. The van der Waals surface area contributed by atoms with Crippen molar-refractivity contribution in [2.75, 3.05) is 6.61 Å². The van der Waals surface area contributed by atoms with Gasteiger partial charge in [0.1, 0.15) is 24.4 Å². The fraction of sp³-hybridized carbons (Fsp3) is 0.875. The first-order chi connectivity index (χ1) is 15.0. The van der Waals surface area contributed by atoms with Gasteiger partial charge in [-0.05, 0) is 32.1 Å². The Morgan fingerprint density at radius 1 is 0.806 bits per heavy atom. The van der Waals surface area contributed by atoms with Gasteiger partial charge in [-0.3, -0.25) is 4.79 Å². The molecule has 0 aromatic heterocycles. The van der Waals surface area contributed by atoms with Gasteiger partial charge in [-0.2, -0.15) is 0 Å². The second kappa shape index (κ2) is 17.6. The minimum atomic E-state index is -1.55. The Kier molecular flexibility index (Phi) is 15.9. The van der Waals surface area contributed by atoms with E-state index in [0.29, 0.717) is 6.42 Å². The van der Waals surface area contributed by atoms with E-state index in [9.17, 15) is 20.1 Å². The molecule has 7 nitrogen and oxygen atoms in total. The molecule has 0 aromatic carbocycles. The molecule has 4 N–H and O–H groups in total. The van der Waals surface area contributed by atoms with Gasteiger partial charge in [-0.25, -0.2) is 0 Å². The van der Waals surface area contributed by atoms with Crippen LogP contribution in [-0.2, 0) is 14.3 Å². The maximum absolute atomic E-state index is 11.9. The van der Waals surface area contributed by atoms with Gasteiger partial charge in [0.05, 0.1) is 6.61 Å². The van der Waals surface area contributed by atoms with Crippen molar-refractivity contribution >= 4 is 5.97 Å². The van der Waals surface area contributed by atoms with Gasteiger partial charge in [0.25, 0.3) is 0 Å². The molecule has 1 unspecified atom stereocenters. The Labute approximate surface area is 187 Å². The van der Waals surface area contributed by atoms with E-state index in [-0.39, 0.29) is 6.42 Å². The highest BCUT2D eigenvalue weighted by atomic mass is 16.7. The van der Waals surface area contributed by atoms with Gasteiger partial charge < -0.3 is 29.9 Å². The zero-order chi connectivity index (χ0) is 22.9. The molecule has 0 radical (unpaired) electrons. The van der Waals surface area contributed by atoms with Gasteiger partial charge in [-0.1, -0.05) is 70.4 Å².